The van der Waals surface area contributed by atoms with Crippen LogP contribution < -0.4 is 0 Å². The Kier molecular flexibility index (Phi) is 4.12. The van der Waals surface area contributed by atoms with Crippen molar-refractivity contribution in [3.05, 3.63) is 76.6 Å². The lowest BCUT2D eigenvalue weighted by molar-refractivity contribution is 0.0725. The van der Waals surface area contributed by atoms with Gasteiger partial charge in [-0.15, -0.1) is 11.3 Å². The van der Waals surface area contributed by atoms with Gasteiger partial charge in [-0.25, -0.2) is 0 Å². The predicted octanol–water partition coefficient (Wildman–Crippen LogP) is 3.58. The Morgan fingerprint density at radius 2 is 2.14 bits per heavy atom. The van der Waals surface area contributed by atoms with Crippen molar-refractivity contribution in [2.75, 3.05) is 0 Å². The van der Waals surface area contributed by atoms with Crippen molar-refractivity contribution in [1.29, 1.82) is 0 Å². The zero-order chi connectivity index (χ0) is 14.5. The average molecular weight is 298 g/mol. The molecule has 0 aliphatic heterocycles. The molecular formula is C16H14N2O2S. The van der Waals surface area contributed by atoms with Crippen LogP contribution in [0, 0.1) is 0 Å². The molecular weight excluding hydrogens is 284 g/mol. The summed E-state index contributed by atoms with van der Waals surface area (Å²) in [5, 5.41) is 2.01. The topological polar surface area (TPSA) is 46.3 Å². The summed E-state index contributed by atoms with van der Waals surface area (Å²) in [6.45, 7) is 1.07. The Morgan fingerprint density at radius 1 is 1.19 bits per heavy atom. The minimum atomic E-state index is -0.0785. The number of carbonyl (C=O) groups is 1. The molecule has 21 heavy (non-hydrogen) atoms. The van der Waals surface area contributed by atoms with E-state index in [4.69, 9.17) is 4.42 Å². The van der Waals surface area contributed by atoms with E-state index in [0.29, 0.717) is 18.8 Å². The minimum Gasteiger partial charge on any atom is -0.472 e. The number of thiophene rings is 1. The van der Waals surface area contributed by atoms with Crippen LogP contribution in [0.15, 0.2) is 64.9 Å². The van der Waals surface area contributed by atoms with E-state index >= 15 is 0 Å². The summed E-state index contributed by atoms with van der Waals surface area (Å²) in [7, 11) is 0. The van der Waals surface area contributed by atoms with Gasteiger partial charge in [-0.3, -0.25) is 9.78 Å². The maximum atomic E-state index is 12.6. The van der Waals surface area contributed by atoms with E-state index in [1.54, 1.807) is 47.1 Å². The third kappa shape index (κ3) is 3.38. The molecule has 0 saturated heterocycles. The molecule has 0 saturated carbocycles. The SMILES string of the molecule is O=C(c1ccccn1)N(Cc1ccoc1)Cc1cccs1. The maximum Gasteiger partial charge on any atom is 0.273 e. The fourth-order valence-corrected chi connectivity index (χ4v) is 2.76. The van der Waals surface area contributed by atoms with Gasteiger partial charge in [0.2, 0.25) is 0 Å². The number of pyridine rings is 1. The Balaban J connectivity index is 1.82. The molecule has 1 amide bonds. The molecule has 0 aromatic carbocycles. The van der Waals surface area contributed by atoms with Crippen molar-refractivity contribution >= 4 is 17.2 Å². The van der Waals surface area contributed by atoms with Crippen LogP contribution in [0.4, 0.5) is 0 Å². The highest BCUT2D eigenvalue weighted by molar-refractivity contribution is 7.09. The van der Waals surface area contributed by atoms with Crippen LogP contribution in [0.3, 0.4) is 0 Å². The molecule has 0 atom stereocenters. The summed E-state index contributed by atoms with van der Waals surface area (Å²) in [4.78, 5) is 19.7. The zero-order valence-electron chi connectivity index (χ0n) is 11.3. The summed E-state index contributed by atoms with van der Waals surface area (Å²) < 4.78 is 5.09. The second kappa shape index (κ2) is 6.37. The zero-order valence-corrected chi connectivity index (χ0v) is 12.1. The monoisotopic (exact) mass is 298 g/mol. The lowest BCUT2D eigenvalue weighted by Crippen LogP contribution is -2.30. The Morgan fingerprint density at radius 3 is 2.81 bits per heavy atom. The molecule has 0 spiro atoms. The Hall–Kier alpha value is -2.40. The van der Waals surface area contributed by atoms with Crippen LogP contribution in [0.1, 0.15) is 20.9 Å². The summed E-state index contributed by atoms with van der Waals surface area (Å²) in [5.41, 5.74) is 1.42. The highest BCUT2D eigenvalue weighted by atomic mass is 32.1. The van der Waals surface area contributed by atoms with E-state index in [9.17, 15) is 4.79 Å². The van der Waals surface area contributed by atoms with Gasteiger partial charge in [-0.2, -0.15) is 0 Å². The molecule has 106 valence electrons. The molecule has 3 rings (SSSR count). The lowest BCUT2D eigenvalue weighted by Gasteiger charge is -2.21. The molecule has 0 unspecified atom stereocenters. The number of hydrogen-bond acceptors (Lipinski definition) is 4. The Labute approximate surface area is 126 Å². The highest BCUT2D eigenvalue weighted by Gasteiger charge is 2.18. The largest absolute Gasteiger partial charge is 0.472 e. The van der Waals surface area contributed by atoms with Crippen molar-refractivity contribution in [2.45, 2.75) is 13.1 Å². The number of carbonyl (C=O) groups excluding carboxylic acids is 1. The first-order valence-corrected chi connectivity index (χ1v) is 7.44. The van der Waals surface area contributed by atoms with Gasteiger partial charge >= 0.3 is 0 Å². The van der Waals surface area contributed by atoms with Crippen molar-refractivity contribution in [2.24, 2.45) is 0 Å². The second-order valence-electron chi connectivity index (χ2n) is 4.59. The summed E-state index contributed by atoms with van der Waals surface area (Å²) in [6.07, 6.45) is 4.91. The minimum absolute atomic E-state index is 0.0785. The normalized spacial score (nSPS) is 10.5. The number of nitrogens with zero attached hydrogens (tertiary/aromatic N) is 2. The Bertz CT molecular complexity index is 642. The fourth-order valence-electron chi connectivity index (χ4n) is 2.04. The van der Waals surface area contributed by atoms with Gasteiger partial charge in [0.1, 0.15) is 5.69 Å². The lowest BCUT2D eigenvalue weighted by atomic mass is 10.2. The van der Waals surface area contributed by atoms with Crippen LogP contribution in [0.5, 0.6) is 0 Å². The molecule has 3 aromatic rings. The van der Waals surface area contributed by atoms with Crippen LogP contribution in [-0.2, 0) is 13.1 Å². The average Bonchev–Trinajstić information content (AvgIpc) is 3.20. The number of aromatic nitrogens is 1. The van der Waals surface area contributed by atoms with Gasteiger partial charge in [0.15, 0.2) is 0 Å². The maximum absolute atomic E-state index is 12.6. The molecule has 3 aromatic heterocycles. The molecule has 0 fully saturated rings. The first-order valence-electron chi connectivity index (χ1n) is 6.57. The van der Waals surface area contributed by atoms with Crippen molar-refractivity contribution in [3.8, 4) is 0 Å². The van der Waals surface area contributed by atoms with E-state index in [-0.39, 0.29) is 5.91 Å². The molecule has 0 N–H and O–H groups in total. The number of hydrogen-bond donors (Lipinski definition) is 0. The van der Waals surface area contributed by atoms with Gasteiger partial charge < -0.3 is 9.32 Å². The quantitative estimate of drug-likeness (QED) is 0.723. The van der Waals surface area contributed by atoms with Crippen LogP contribution >= 0.6 is 11.3 Å². The summed E-state index contributed by atoms with van der Waals surface area (Å²) in [6, 6.07) is 11.2. The first-order chi connectivity index (χ1) is 10.3. The molecule has 0 radical (unpaired) electrons. The number of rotatable bonds is 5. The molecule has 3 heterocycles. The van der Waals surface area contributed by atoms with E-state index in [0.717, 1.165) is 10.4 Å². The van der Waals surface area contributed by atoms with Gasteiger partial charge in [0, 0.05) is 23.2 Å². The molecule has 5 heteroatoms. The van der Waals surface area contributed by atoms with E-state index in [2.05, 4.69) is 4.98 Å². The fraction of sp³-hybridized carbons (Fsp3) is 0.125. The van der Waals surface area contributed by atoms with Gasteiger partial charge in [0.05, 0.1) is 19.1 Å². The van der Waals surface area contributed by atoms with Gasteiger partial charge in [-0.05, 0) is 29.6 Å². The first kappa shape index (κ1) is 13.6. The predicted molar refractivity (Wildman–Crippen MR) is 80.8 cm³/mol. The molecule has 0 aliphatic carbocycles. The van der Waals surface area contributed by atoms with Crippen molar-refractivity contribution in [1.82, 2.24) is 9.88 Å². The highest BCUT2D eigenvalue weighted by Crippen LogP contribution is 2.16. The van der Waals surface area contributed by atoms with Crippen molar-refractivity contribution in [3.63, 3.8) is 0 Å². The number of furan rings is 1. The summed E-state index contributed by atoms with van der Waals surface area (Å²) in [5.74, 6) is -0.0785. The third-order valence-corrected chi connectivity index (χ3v) is 3.91. The van der Waals surface area contributed by atoms with Crippen LogP contribution in [0.2, 0.25) is 0 Å². The van der Waals surface area contributed by atoms with Gasteiger partial charge in [0.25, 0.3) is 5.91 Å². The summed E-state index contributed by atoms with van der Waals surface area (Å²) >= 11 is 1.64. The number of amides is 1. The van der Waals surface area contributed by atoms with E-state index < -0.39 is 0 Å². The standard InChI is InChI=1S/C16H14N2O2S/c19-16(15-5-1-2-7-17-15)18(10-13-6-8-20-12-13)11-14-4-3-9-21-14/h1-9,12H,10-11H2. The molecule has 4 nitrogen and oxygen atoms in total. The van der Waals surface area contributed by atoms with Gasteiger partial charge in [-0.1, -0.05) is 12.1 Å². The van der Waals surface area contributed by atoms with E-state index in [1.165, 1.54) is 0 Å². The van der Waals surface area contributed by atoms with Crippen LogP contribution in [-0.4, -0.2) is 15.8 Å². The van der Waals surface area contributed by atoms with Crippen LogP contribution in [0.25, 0.3) is 0 Å². The van der Waals surface area contributed by atoms with Crippen molar-refractivity contribution < 1.29 is 9.21 Å². The second-order valence-corrected chi connectivity index (χ2v) is 5.62. The molecule has 0 bridgehead atoms. The van der Waals surface area contributed by atoms with E-state index in [1.807, 2.05) is 29.6 Å². The molecule has 0 aliphatic rings. The smallest absolute Gasteiger partial charge is 0.273 e. The third-order valence-electron chi connectivity index (χ3n) is 3.05.